The van der Waals surface area contributed by atoms with Crippen molar-refractivity contribution in [3.05, 3.63) is 28.8 Å². The topological polar surface area (TPSA) is 101 Å². The van der Waals surface area contributed by atoms with Gasteiger partial charge in [0.05, 0.1) is 15.5 Å². The average Bonchev–Trinajstić information content (AvgIpc) is 2.70. The van der Waals surface area contributed by atoms with E-state index >= 15 is 0 Å². The van der Waals surface area contributed by atoms with E-state index in [0.717, 1.165) is 19.3 Å². The zero-order valence-corrected chi connectivity index (χ0v) is 21.1. The number of ketones is 1. The van der Waals surface area contributed by atoms with E-state index in [1.807, 2.05) is 0 Å². The maximum Gasteiger partial charge on any atom is 0.340 e. The molecule has 10 heteroatoms. The fraction of sp³-hybridized carbons (Fsp3) is 0.609. The molecule has 2 fully saturated rings. The molecule has 2 heterocycles. The predicted molar refractivity (Wildman–Crippen MR) is 124 cm³/mol. The molecule has 0 saturated carbocycles. The van der Waals surface area contributed by atoms with Crippen LogP contribution in [0.4, 0.5) is 0 Å². The summed E-state index contributed by atoms with van der Waals surface area (Å²) in [5.74, 6) is -1.24. The first kappa shape index (κ1) is 25.6. The number of Topliss-reactive ketones (excluding diaryl/α,β-unsaturated/α-hetero) is 1. The molecule has 1 amide bonds. The van der Waals surface area contributed by atoms with Crippen LogP contribution in [0.3, 0.4) is 0 Å². The quantitative estimate of drug-likeness (QED) is 0.576. The van der Waals surface area contributed by atoms with Crippen LogP contribution >= 0.6 is 11.6 Å². The van der Waals surface area contributed by atoms with Crippen LogP contribution < -0.4 is 0 Å². The van der Waals surface area contributed by atoms with Crippen molar-refractivity contribution >= 4 is 39.3 Å². The summed E-state index contributed by atoms with van der Waals surface area (Å²) < 4.78 is 32.6. The van der Waals surface area contributed by atoms with E-state index in [1.54, 1.807) is 32.6 Å². The fourth-order valence-electron chi connectivity index (χ4n) is 5.03. The molecule has 0 spiro atoms. The molecule has 182 valence electrons. The molecule has 8 nitrogen and oxygen atoms in total. The number of hydrogen-bond acceptors (Lipinski definition) is 6. The lowest BCUT2D eigenvalue weighted by Crippen LogP contribution is -2.63. The minimum Gasteiger partial charge on any atom is -0.452 e. The summed E-state index contributed by atoms with van der Waals surface area (Å²) in [7, 11) is -3.76. The summed E-state index contributed by atoms with van der Waals surface area (Å²) in [4.78, 5) is 39.4. The molecule has 0 aromatic heterocycles. The van der Waals surface area contributed by atoms with Crippen molar-refractivity contribution in [3.8, 4) is 0 Å². The van der Waals surface area contributed by atoms with Gasteiger partial charge < -0.3 is 9.64 Å². The van der Waals surface area contributed by atoms with Gasteiger partial charge in [0.15, 0.2) is 6.61 Å². The second kappa shape index (κ2) is 9.35. The third kappa shape index (κ3) is 5.41. The van der Waals surface area contributed by atoms with Crippen LogP contribution in [0.2, 0.25) is 5.02 Å². The van der Waals surface area contributed by atoms with E-state index in [2.05, 4.69) is 0 Å². The molecular weight excluding hydrogens is 468 g/mol. The second-order valence-corrected chi connectivity index (χ2v) is 12.3. The zero-order chi connectivity index (χ0) is 24.6. The van der Waals surface area contributed by atoms with Crippen molar-refractivity contribution in [1.29, 1.82) is 0 Å². The Labute approximate surface area is 200 Å². The largest absolute Gasteiger partial charge is 0.452 e. The Morgan fingerprint density at radius 1 is 1.03 bits per heavy atom. The van der Waals surface area contributed by atoms with Gasteiger partial charge in [-0.25, -0.2) is 13.2 Å². The number of amides is 1. The van der Waals surface area contributed by atoms with Crippen LogP contribution in [0.15, 0.2) is 23.1 Å². The van der Waals surface area contributed by atoms with E-state index in [-0.39, 0.29) is 34.1 Å². The highest BCUT2D eigenvalue weighted by molar-refractivity contribution is 7.89. The van der Waals surface area contributed by atoms with Crippen LogP contribution in [0.5, 0.6) is 0 Å². The van der Waals surface area contributed by atoms with Crippen molar-refractivity contribution in [2.75, 3.05) is 19.7 Å². The standard InChI is InChI=1S/C23H31ClN2O6S/c1-22(2)13-16(27)14-23(3,4)26(22)20(28)15-32-21(29)18-12-17(8-9-19(18)24)33(30,31)25-10-6-5-7-11-25/h8-9,12H,5-7,10-11,13-15H2,1-4H3. The van der Waals surface area contributed by atoms with Crippen LogP contribution in [-0.2, 0) is 24.3 Å². The van der Waals surface area contributed by atoms with Crippen molar-refractivity contribution in [2.24, 2.45) is 0 Å². The Balaban J connectivity index is 1.76. The molecule has 1 aromatic carbocycles. The molecular formula is C23H31ClN2O6S. The number of rotatable bonds is 5. The highest BCUT2D eigenvalue weighted by Crippen LogP contribution is 2.36. The molecule has 2 aliphatic heterocycles. The summed E-state index contributed by atoms with van der Waals surface area (Å²) in [5, 5.41) is 0.0364. The van der Waals surface area contributed by atoms with E-state index in [1.165, 1.54) is 22.5 Å². The second-order valence-electron chi connectivity index (χ2n) is 9.93. The van der Waals surface area contributed by atoms with Gasteiger partial charge in [0.25, 0.3) is 5.91 Å². The van der Waals surface area contributed by atoms with E-state index < -0.39 is 39.6 Å². The highest BCUT2D eigenvalue weighted by Gasteiger charge is 2.47. The molecule has 0 unspecified atom stereocenters. The number of nitrogens with zero attached hydrogens (tertiary/aromatic N) is 2. The first-order chi connectivity index (χ1) is 15.3. The van der Waals surface area contributed by atoms with Gasteiger partial charge >= 0.3 is 5.97 Å². The van der Waals surface area contributed by atoms with Crippen LogP contribution in [0.25, 0.3) is 0 Å². The Morgan fingerprint density at radius 3 is 2.18 bits per heavy atom. The number of likely N-dealkylation sites (tertiary alicyclic amines) is 1. The van der Waals surface area contributed by atoms with Crippen LogP contribution in [0.1, 0.15) is 70.2 Å². The third-order valence-corrected chi connectivity index (χ3v) is 8.38. The summed E-state index contributed by atoms with van der Waals surface area (Å²) in [6.07, 6.45) is 3.00. The van der Waals surface area contributed by atoms with Gasteiger partial charge in [-0.2, -0.15) is 4.31 Å². The molecule has 0 aliphatic carbocycles. The number of carbonyl (C=O) groups excluding carboxylic acids is 3. The number of sulfonamides is 1. The fourth-order valence-corrected chi connectivity index (χ4v) is 6.76. The van der Waals surface area contributed by atoms with Gasteiger partial charge in [0.2, 0.25) is 10.0 Å². The Hall–Kier alpha value is -1.97. The highest BCUT2D eigenvalue weighted by atomic mass is 35.5. The van der Waals surface area contributed by atoms with Gasteiger partial charge in [-0.1, -0.05) is 18.0 Å². The van der Waals surface area contributed by atoms with Crippen LogP contribution in [0, 0.1) is 0 Å². The van der Waals surface area contributed by atoms with Crippen molar-refractivity contribution in [2.45, 2.75) is 75.8 Å². The Morgan fingerprint density at radius 2 is 1.61 bits per heavy atom. The summed E-state index contributed by atoms with van der Waals surface area (Å²) in [6, 6.07) is 3.91. The molecule has 2 saturated heterocycles. The molecule has 0 bridgehead atoms. The van der Waals surface area contributed by atoms with Gasteiger partial charge in [0.1, 0.15) is 5.78 Å². The number of piperidine rings is 2. The monoisotopic (exact) mass is 498 g/mol. The number of hydrogen-bond donors (Lipinski definition) is 0. The summed E-state index contributed by atoms with van der Waals surface area (Å²) in [5.41, 5.74) is -1.56. The van der Waals surface area contributed by atoms with Gasteiger partial charge in [-0.15, -0.1) is 0 Å². The lowest BCUT2D eigenvalue weighted by atomic mass is 9.79. The average molecular weight is 499 g/mol. The first-order valence-electron chi connectivity index (χ1n) is 11.1. The lowest BCUT2D eigenvalue weighted by Gasteiger charge is -2.51. The van der Waals surface area contributed by atoms with E-state index in [9.17, 15) is 22.8 Å². The van der Waals surface area contributed by atoms with Gasteiger partial charge in [0, 0.05) is 37.0 Å². The van der Waals surface area contributed by atoms with Crippen LogP contribution in [-0.4, -0.2) is 66.1 Å². The van der Waals surface area contributed by atoms with Gasteiger partial charge in [-0.05, 0) is 58.7 Å². The van der Waals surface area contributed by atoms with Crippen molar-refractivity contribution < 1.29 is 27.5 Å². The van der Waals surface area contributed by atoms with Crippen molar-refractivity contribution in [1.82, 2.24) is 9.21 Å². The lowest BCUT2D eigenvalue weighted by molar-refractivity contribution is -0.156. The molecule has 2 aliphatic rings. The number of esters is 1. The summed E-state index contributed by atoms with van der Waals surface area (Å²) in [6.45, 7) is 7.54. The SMILES string of the molecule is CC1(C)CC(=O)CC(C)(C)N1C(=O)COC(=O)c1cc(S(=O)(=O)N2CCCCC2)ccc1Cl. The minimum absolute atomic E-state index is 0.0364. The van der Waals surface area contributed by atoms with E-state index in [4.69, 9.17) is 16.3 Å². The number of benzene rings is 1. The molecule has 33 heavy (non-hydrogen) atoms. The molecule has 0 atom stereocenters. The molecule has 0 radical (unpaired) electrons. The minimum atomic E-state index is -3.76. The molecule has 3 rings (SSSR count). The smallest absolute Gasteiger partial charge is 0.340 e. The zero-order valence-electron chi connectivity index (χ0n) is 19.5. The number of carbonyl (C=O) groups is 3. The normalized spacial score (nSPS) is 21.0. The third-order valence-electron chi connectivity index (χ3n) is 6.16. The predicted octanol–water partition coefficient (Wildman–Crippen LogP) is 3.42. The first-order valence-corrected chi connectivity index (χ1v) is 12.9. The van der Waals surface area contributed by atoms with Gasteiger partial charge in [-0.3, -0.25) is 9.59 Å². The number of ether oxygens (including phenoxy) is 1. The molecule has 0 N–H and O–H groups in total. The number of halogens is 1. The maximum absolute atomic E-state index is 13.0. The maximum atomic E-state index is 13.0. The Bertz CT molecular complexity index is 1040. The summed E-state index contributed by atoms with van der Waals surface area (Å²) >= 11 is 6.16. The van der Waals surface area contributed by atoms with Crippen molar-refractivity contribution in [3.63, 3.8) is 0 Å². The Kier molecular flexibility index (Phi) is 7.27. The van der Waals surface area contributed by atoms with E-state index in [0.29, 0.717) is 13.1 Å². The molecule has 1 aromatic rings.